The molecule has 1 N–H and O–H groups in total. The first-order valence-corrected chi connectivity index (χ1v) is 8.99. The van der Waals surface area contributed by atoms with Gasteiger partial charge in [0.2, 0.25) is 5.91 Å². The third-order valence-corrected chi connectivity index (χ3v) is 4.29. The van der Waals surface area contributed by atoms with Crippen LogP contribution in [0, 0.1) is 6.92 Å². The summed E-state index contributed by atoms with van der Waals surface area (Å²) in [5, 5.41) is 2.87. The van der Waals surface area contributed by atoms with Crippen LogP contribution >= 0.6 is 0 Å². The van der Waals surface area contributed by atoms with Gasteiger partial charge in [-0.05, 0) is 36.2 Å². The van der Waals surface area contributed by atoms with Crippen LogP contribution < -0.4 is 10.9 Å². The minimum absolute atomic E-state index is 0.0115. The number of imidazole rings is 1. The number of amides is 1. The van der Waals surface area contributed by atoms with Gasteiger partial charge in [-0.2, -0.15) is 0 Å². The maximum Gasteiger partial charge on any atom is 0.251 e. The van der Waals surface area contributed by atoms with Crippen molar-refractivity contribution in [3.05, 3.63) is 82.3 Å². The van der Waals surface area contributed by atoms with Crippen LogP contribution in [0.2, 0.25) is 0 Å². The predicted octanol–water partition coefficient (Wildman–Crippen LogP) is 3.16. The summed E-state index contributed by atoms with van der Waals surface area (Å²) in [4.78, 5) is 28.6. The quantitative estimate of drug-likeness (QED) is 0.730. The van der Waals surface area contributed by atoms with Gasteiger partial charge in [0, 0.05) is 42.8 Å². The second-order valence-corrected chi connectivity index (χ2v) is 6.99. The molecule has 0 unspecified atom stereocenters. The van der Waals surface area contributed by atoms with E-state index in [1.165, 1.54) is 10.6 Å². The molecule has 0 saturated heterocycles. The van der Waals surface area contributed by atoms with Gasteiger partial charge in [0.15, 0.2) is 0 Å². The van der Waals surface area contributed by atoms with Crippen molar-refractivity contribution in [2.75, 3.05) is 5.32 Å². The highest BCUT2D eigenvalue weighted by molar-refractivity contribution is 5.90. The molecule has 0 atom stereocenters. The molecular formula is C21H24N4O2. The summed E-state index contributed by atoms with van der Waals surface area (Å²) in [6, 6.07) is 11.0. The summed E-state index contributed by atoms with van der Waals surface area (Å²) in [5.41, 5.74) is 2.48. The van der Waals surface area contributed by atoms with Crippen molar-refractivity contribution >= 4 is 11.6 Å². The highest BCUT2D eigenvalue weighted by atomic mass is 16.2. The average Bonchev–Trinajstić information content (AvgIpc) is 3.06. The number of benzene rings is 1. The van der Waals surface area contributed by atoms with E-state index >= 15 is 0 Å². The van der Waals surface area contributed by atoms with E-state index < -0.39 is 0 Å². The van der Waals surface area contributed by atoms with Crippen molar-refractivity contribution in [1.82, 2.24) is 14.1 Å². The van der Waals surface area contributed by atoms with Gasteiger partial charge in [0.25, 0.3) is 5.56 Å². The van der Waals surface area contributed by atoms with Crippen molar-refractivity contribution < 1.29 is 4.79 Å². The molecule has 0 saturated carbocycles. The lowest BCUT2D eigenvalue weighted by molar-refractivity contribution is -0.116. The molecule has 0 aliphatic rings. The lowest BCUT2D eigenvalue weighted by Gasteiger charge is -2.12. The first-order valence-electron chi connectivity index (χ1n) is 8.99. The lowest BCUT2D eigenvalue weighted by atomic mass is 10.1. The Balaban J connectivity index is 1.69. The summed E-state index contributed by atoms with van der Waals surface area (Å²) >= 11 is 0. The van der Waals surface area contributed by atoms with E-state index in [0.717, 1.165) is 17.0 Å². The summed E-state index contributed by atoms with van der Waals surface area (Å²) < 4.78 is 3.50. The van der Waals surface area contributed by atoms with Crippen LogP contribution in [0.25, 0.3) is 0 Å². The highest BCUT2D eigenvalue weighted by Gasteiger charge is 2.09. The van der Waals surface area contributed by atoms with Crippen molar-refractivity contribution in [2.45, 2.75) is 39.8 Å². The largest absolute Gasteiger partial charge is 0.330 e. The Kier molecular flexibility index (Phi) is 5.54. The van der Waals surface area contributed by atoms with Crippen molar-refractivity contribution in [3.8, 4) is 0 Å². The maximum atomic E-state index is 12.3. The second kappa shape index (κ2) is 8.03. The Morgan fingerprint density at radius 2 is 1.96 bits per heavy atom. The molecule has 3 aromatic rings. The van der Waals surface area contributed by atoms with Crippen LogP contribution in [0.4, 0.5) is 5.69 Å². The number of aryl methyl sites for hydroxylation is 1. The Hall–Kier alpha value is -3.15. The summed E-state index contributed by atoms with van der Waals surface area (Å²) in [5.74, 6) is 1.14. The Bertz CT molecular complexity index is 1000. The van der Waals surface area contributed by atoms with E-state index in [4.69, 9.17) is 0 Å². The SMILES string of the molecule is Cc1ccn(CC(=O)Nc2cccc(Cn3ccnc3C(C)C)c2)c(=O)c1. The van der Waals surface area contributed by atoms with Gasteiger partial charge in [0.1, 0.15) is 12.4 Å². The van der Waals surface area contributed by atoms with Crippen LogP contribution in [0.3, 0.4) is 0 Å². The molecule has 27 heavy (non-hydrogen) atoms. The molecule has 6 nitrogen and oxygen atoms in total. The van der Waals surface area contributed by atoms with Gasteiger partial charge in [0.05, 0.1) is 0 Å². The van der Waals surface area contributed by atoms with E-state index in [1.54, 1.807) is 12.4 Å². The van der Waals surface area contributed by atoms with Gasteiger partial charge >= 0.3 is 0 Å². The van der Waals surface area contributed by atoms with Gasteiger partial charge in [-0.1, -0.05) is 26.0 Å². The third-order valence-electron chi connectivity index (χ3n) is 4.29. The fourth-order valence-corrected chi connectivity index (χ4v) is 2.99. The number of pyridine rings is 1. The van der Waals surface area contributed by atoms with Crippen LogP contribution in [0.1, 0.15) is 36.7 Å². The number of aromatic nitrogens is 3. The van der Waals surface area contributed by atoms with E-state index in [2.05, 4.69) is 28.7 Å². The molecule has 0 radical (unpaired) electrons. The molecule has 2 aromatic heterocycles. The van der Waals surface area contributed by atoms with E-state index in [1.807, 2.05) is 43.5 Å². The van der Waals surface area contributed by atoms with E-state index in [0.29, 0.717) is 18.2 Å². The fraction of sp³-hybridized carbons (Fsp3) is 0.286. The Morgan fingerprint density at radius 1 is 1.15 bits per heavy atom. The number of hydrogen-bond acceptors (Lipinski definition) is 3. The molecule has 3 rings (SSSR count). The summed E-state index contributed by atoms with van der Waals surface area (Å²) in [6.45, 7) is 6.75. The highest BCUT2D eigenvalue weighted by Crippen LogP contribution is 2.16. The normalized spacial score (nSPS) is 11.0. The van der Waals surface area contributed by atoms with Gasteiger partial charge in [-0.15, -0.1) is 0 Å². The zero-order chi connectivity index (χ0) is 19.4. The minimum Gasteiger partial charge on any atom is -0.330 e. The van der Waals surface area contributed by atoms with Crippen molar-refractivity contribution in [1.29, 1.82) is 0 Å². The first-order chi connectivity index (χ1) is 12.9. The van der Waals surface area contributed by atoms with Gasteiger partial charge in [-0.25, -0.2) is 4.98 Å². The summed E-state index contributed by atoms with van der Waals surface area (Å²) in [7, 11) is 0. The predicted molar refractivity (Wildman–Crippen MR) is 106 cm³/mol. The third kappa shape index (κ3) is 4.73. The van der Waals surface area contributed by atoms with Crippen LogP contribution in [-0.4, -0.2) is 20.0 Å². The standard InChI is InChI=1S/C21H24N4O2/c1-15(2)21-22-8-10-25(21)13-17-5-4-6-18(12-17)23-19(26)14-24-9-7-16(3)11-20(24)27/h4-12,15H,13-14H2,1-3H3,(H,23,26). The van der Waals surface area contributed by atoms with Gasteiger partial charge < -0.3 is 14.5 Å². The van der Waals surface area contributed by atoms with E-state index in [-0.39, 0.29) is 18.0 Å². The van der Waals surface area contributed by atoms with Crippen LogP contribution in [-0.2, 0) is 17.9 Å². The Labute approximate surface area is 158 Å². The average molecular weight is 364 g/mol. The zero-order valence-electron chi connectivity index (χ0n) is 15.8. The molecule has 6 heteroatoms. The molecule has 1 aromatic carbocycles. The second-order valence-electron chi connectivity index (χ2n) is 6.99. The molecule has 2 heterocycles. The first kappa shape index (κ1) is 18.6. The Morgan fingerprint density at radius 3 is 2.70 bits per heavy atom. The topological polar surface area (TPSA) is 68.9 Å². The van der Waals surface area contributed by atoms with E-state index in [9.17, 15) is 9.59 Å². The van der Waals surface area contributed by atoms with Crippen LogP contribution in [0.5, 0.6) is 0 Å². The maximum absolute atomic E-state index is 12.3. The fourth-order valence-electron chi connectivity index (χ4n) is 2.99. The van der Waals surface area contributed by atoms with Crippen molar-refractivity contribution in [2.24, 2.45) is 0 Å². The molecule has 140 valence electrons. The molecule has 1 amide bonds. The molecule has 0 aliphatic heterocycles. The van der Waals surface area contributed by atoms with Crippen molar-refractivity contribution in [3.63, 3.8) is 0 Å². The smallest absolute Gasteiger partial charge is 0.251 e. The molecular weight excluding hydrogens is 340 g/mol. The molecule has 0 spiro atoms. The lowest BCUT2D eigenvalue weighted by Crippen LogP contribution is -2.26. The number of anilines is 1. The van der Waals surface area contributed by atoms with Gasteiger partial charge in [-0.3, -0.25) is 9.59 Å². The number of carbonyl (C=O) groups excluding carboxylic acids is 1. The molecule has 0 fully saturated rings. The number of nitrogens with one attached hydrogen (secondary N) is 1. The monoisotopic (exact) mass is 364 g/mol. The molecule has 0 aliphatic carbocycles. The zero-order valence-corrected chi connectivity index (χ0v) is 15.8. The summed E-state index contributed by atoms with van der Waals surface area (Å²) in [6.07, 6.45) is 5.41. The van der Waals surface area contributed by atoms with Crippen LogP contribution in [0.15, 0.2) is 59.8 Å². The number of hydrogen-bond donors (Lipinski definition) is 1. The number of carbonyl (C=O) groups is 1. The number of nitrogens with zero attached hydrogens (tertiary/aromatic N) is 3. The molecule has 0 bridgehead atoms. The minimum atomic E-state index is -0.233. The number of rotatable bonds is 6.